The van der Waals surface area contributed by atoms with E-state index in [9.17, 15) is 0 Å². The van der Waals surface area contributed by atoms with Gasteiger partial charge in [0.1, 0.15) is 0 Å². The molecule has 2 nitrogen and oxygen atoms in total. The third kappa shape index (κ3) is 2.55. The maximum absolute atomic E-state index is 4.93. The Hall–Kier alpha value is -2.39. The van der Waals surface area contributed by atoms with Crippen molar-refractivity contribution in [2.75, 3.05) is 5.32 Å². The van der Waals surface area contributed by atoms with E-state index in [1.165, 1.54) is 10.4 Å². The highest BCUT2D eigenvalue weighted by molar-refractivity contribution is 7.10. The number of aliphatic imine (C=N–C) groups is 1. The number of hydrogen-bond acceptors (Lipinski definition) is 3. The van der Waals surface area contributed by atoms with Gasteiger partial charge >= 0.3 is 0 Å². The van der Waals surface area contributed by atoms with Crippen molar-refractivity contribution in [2.45, 2.75) is 12.5 Å². The summed E-state index contributed by atoms with van der Waals surface area (Å²) >= 11 is 1.79. The lowest BCUT2D eigenvalue weighted by Gasteiger charge is -2.17. The summed E-state index contributed by atoms with van der Waals surface area (Å²) in [4.78, 5) is 6.28. The van der Waals surface area contributed by atoms with E-state index in [2.05, 4.69) is 65.3 Å². The van der Waals surface area contributed by atoms with Crippen LogP contribution in [0.2, 0.25) is 0 Å². The zero-order valence-electron chi connectivity index (χ0n) is 12.1. The molecule has 0 fully saturated rings. The SMILES string of the molecule is c1ccc(C2=Nc3ccccc3NC(c3cccs3)C2)cc1. The number of hydrogen-bond donors (Lipinski definition) is 1. The predicted octanol–water partition coefficient (Wildman–Crippen LogP) is 5.43. The Bertz CT molecular complexity index is 791. The minimum absolute atomic E-state index is 0.266. The Kier molecular flexibility index (Phi) is 3.49. The molecular formula is C19H16N2S. The monoisotopic (exact) mass is 304 g/mol. The first-order valence-electron chi connectivity index (χ1n) is 7.42. The van der Waals surface area contributed by atoms with Crippen LogP contribution in [0.15, 0.2) is 77.1 Å². The fourth-order valence-electron chi connectivity index (χ4n) is 2.79. The van der Waals surface area contributed by atoms with Gasteiger partial charge in [-0.1, -0.05) is 48.5 Å². The highest BCUT2D eigenvalue weighted by Gasteiger charge is 2.21. The van der Waals surface area contributed by atoms with E-state index in [4.69, 9.17) is 4.99 Å². The van der Waals surface area contributed by atoms with E-state index < -0.39 is 0 Å². The highest BCUT2D eigenvalue weighted by atomic mass is 32.1. The van der Waals surface area contributed by atoms with E-state index in [-0.39, 0.29) is 6.04 Å². The Morgan fingerprint density at radius 3 is 2.55 bits per heavy atom. The molecule has 2 aromatic carbocycles. The largest absolute Gasteiger partial charge is 0.375 e. The molecule has 1 aromatic heterocycles. The van der Waals surface area contributed by atoms with Gasteiger partial charge < -0.3 is 5.32 Å². The van der Waals surface area contributed by atoms with Gasteiger partial charge in [-0.25, -0.2) is 0 Å². The molecule has 0 aliphatic carbocycles. The van der Waals surface area contributed by atoms with Gasteiger partial charge in [0.25, 0.3) is 0 Å². The molecular weight excluding hydrogens is 288 g/mol. The second kappa shape index (κ2) is 5.78. The maximum Gasteiger partial charge on any atom is 0.0864 e. The van der Waals surface area contributed by atoms with E-state index in [0.717, 1.165) is 23.5 Å². The molecule has 1 unspecified atom stereocenters. The molecule has 1 aliphatic rings. The summed E-state index contributed by atoms with van der Waals surface area (Å²) in [6.45, 7) is 0. The summed E-state index contributed by atoms with van der Waals surface area (Å²) < 4.78 is 0. The number of nitrogens with one attached hydrogen (secondary N) is 1. The summed E-state index contributed by atoms with van der Waals surface area (Å²) in [5, 5.41) is 5.79. The molecule has 1 aliphatic heterocycles. The number of rotatable bonds is 2. The van der Waals surface area contributed by atoms with Crippen molar-refractivity contribution < 1.29 is 0 Å². The molecule has 4 rings (SSSR count). The van der Waals surface area contributed by atoms with Crippen molar-refractivity contribution >= 4 is 28.4 Å². The minimum atomic E-state index is 0.266. The second-order valence-corrected chi connectivity index (χ2v) is 6.34. The van der Waals surface area contributed by atoms with E-state index in [1.807, 2.05) is 12.1 Å². The van der Waals surface area contributed by atoms with Gasteiger partial charge in [-0.05, 0) is 29.1 Å². The van der Waals surface area contributed by atoms with Crippen LogP contribution in [-0.2, 0) is 0 Å². The van der Waals surface area contributed by atoms with Gasteiger partial charge in [0.05, 0.1) is 23.1 Å². The van der Waals surface area contributed by atoms with Crippen molar-refractivity contribution in [1.29, 1.82) is 0 Å². The lowest BCUT2D eigenvalue weighted by atomic mass is 10.0. The summed E-state index contributed by atoms with van der Waals surface area (Å²) in [7, 11) is 0. The number of benzene rings is 2. The molecule has 3 heteroatoms. The van der Waals surface area contributed by atoms with Gasteiger partial charge in [-0.15, -0.1) is 11.3 Å². The molecule has 1 N–H and O–H groups in total. The third-order valence-electron chi connectivity index (χ3n) is 3.88. The maximum atomic E-state index is 4.93. The van der Waals surface area contributed by atoms with Gasteiger partial charge in [0.2, 0.25) is 0 Å². The summed E-state index contributed by atoms with van der Waals surface area (Å²) in [6, 6.07) is 23.3. The van der Waals surface area contributed by atoms with Crippen LogP contribution in [0.4, 0.5) is 11.4 Å². The zero-order chi connectivity index (χ0) is 14.8. The van der Waals surface area contributed by atoms with Crippen molar-refractivity contribution in [2.24, 2.45) is 4.99 Å². The van der Waals surface area contributed by atoms with Crippen LogP contribution in [0.25, 0.3) is 0 Å². The predicted molar refractivity (Wildman–Crippen MR) is 94.4 cm³/mol. The fraction of sp³-hybridized carbons (Fsp3) is 0.105. The zero-order valence-corrected chi connectivity index (χ0v) is 12.9. The second-order valence-electron chi connectivity index (χ2n) is 5.36. The Balaban J connectivity index is 1.81. The van der Waals surface area contributed by atoms with Crippen LogP contribution in [-0.4, -0.2) is 5.71 Å². The molecule has 0 spiro atoms. The average molecular weight is 304 g/mol. The fourth-order valence-corrected chi connectivity index (χ4v) is 3.57. The Labute approximate surface area is 134 Å². The van der Waals surface area contributed by atoms with Crippen LogP contribution in [0.1, 0.15) is 22.9 Å². The molecule has 0 amide bonds. The molecule has 22 heavy (non-hydrogen) atoms. The molecule has 0 radical (unpaired) electrons. The molecule has 1 atom stereocenters. The quantitative estimate of drug-likeness (QED) is 0.671. The number of nitrogens with zero attached hydrogens (tertiary/aromatic N) is 1. The number of anilines is 1. The van der Waals surface area contributed by atoms with Crippen molar-refractivity contribution in [3.05, 3.63) is 82.6 Å². The van der Waals surface area contributed by atoms with E-state index in [1.54, 1.807) is 11.3 Å². The smallest absolute Gasteiger partial charge is 0.0864 e. The van der Waals surface area contributed by atoms with Crippen molar-refractivity contribution in [3.63, 3.8) is 0 Å². The number of thiophene rings is 1. The molecule has 0 saturated carbocycles. The van der Waals surface area contributed by atoms with Gasteiger partial charge in [-0.2, -0.15) is 0 Å². The average Bonchev–Trinajstić information content (AvgIpc) is 3.03. The lowest BCUT2D eigenvalue weighted by molar-refractivity contribution is 0.848. The van der Waals surface area contributed by atoms with Crippen LogP contribution >= 0.6 is 11.3 Å². The minimum Gasteiger partial charge on any atom is -0.375 e. The van der Waals surface area contributed by atoms with Crippen LogP contribution < -0.4 is 5.32 Å². The van der Waals surface area contributed by atoms with E-state index in [0.29, 0.717) is 0 Å². The molecule has 0 saturated heterocycles. The first-order chi connectivity index (χ1) is 10.9. The number of fused-ring (bicyclic) bond motifs is 1. The third-order valence-corrected chi connectivity index (χ3v) is 4.87. The Morgan fingerprint density at radius 1 is 0.909 bits per heavy atom. The summed E-state index contributed by atoms with van der Waals surface area (Å²) in [5.41, 5.74) is 4.45. The molecule has 2 heterocycles. The lowest BCUT2D eigenvalue weighted by Crippen LogP contribution is -2.13. The summed E-state index contributed by atoms with van der Waals surface area (Å²) in [6.07, 6.45) is 0.888. The van der Waals surface area contributed by atoms with Gasteiger partial charge in [0, 0.05) is 11.3 Å². The van der Waals surface area contributed by atoms with Crippen LogP contribution in [0.3, 0.4) is 0 Å². The first kappa shape index (κ1) is 13.3. The van der Waals surface area contributed by atoms with Crippen LogP contribution in [0.5, 0.6) is 0 Å². The topological polar surface area (TPSA) is 24.4 Å². The van der Waals surface area contributed by atoms with E-state index >= 15 is 0 Å². The first-order valence-corrected chi connectivity index (χ1v) is 8.30. The Morgan fingerprint density at radius 2 is 1.73 bits per heavy atom. The van der Waals surface area contributed by atoms with Gasteiger partial charge in [0.15, 0.2) is 0 Å². The molecule has 0 bridgehead atoms. The van der Waals surface area contributed by atoms with Crippen molar-refractivity contribution in [3.8, 4) is 0 Å². The number of para-hydroxylation sites is 2. The molecule has 108 valence electrons. The van der Waals surface area contributed by atoms with Crippen LogP contribution in [0, 0.1) is 0 Å². The standard InChI is InChI=1S/C19H16N2S/c1-2-7-14(8-3-1)17-13-18(19-11-6-12-22-19)21-16-10-5-4-9-15(16)20-17/h1-12,18,21H,13H2. The van der Waals surface area contributed by atoms with Crippen molar-refractivity contribution in [1.82, 2.24) is 0 Å². The molecule has 3 aromatic rings. The summed E-state index contributed by atoms with van der Waals surface area (Å²) in [5.74, 6) is 0. The highest BCUT2D eigenvalue weighted by Crippen LogP contribution is 2.36. The van der Waals surface area contributed by atoms with Gasteiger partial charge in [-0.3, -0.25) is 4.99 Å². The normalized spacial score (nSPS) is 17.1.